The molecule has 0 fully saturated rings. The van der Waals surface area contributed by atoms with Crippen LogP contribution >= 0.6 is 0 Å². The highest BCUT2D eigenvalue weighted by Crippen LogP contribution is 1.94. The van der Waals surface area contributed by atoms with Crippen LogP contribution < -0.4 is 5.73 Å². The minimum atomic E-state index is 0.227. The lowest BCUT2D eigenvalue weighted by atomic mass is 10.2. The summed E-state index contributed by atoms with van der Waals surface area (Å²) in [6.45, 7) is 6.01. The van der Waals surface area contributed by atoms with E-state index < -0.39 is 0 Å². The van der Waals surface area contributed by atoms with Crippen molar-refractivity contribution in [1.29, 1.82) is 0 Å². The molecule has 1 atom stereocenters. The Labute approximate surface area is 45.2 Å². The van der Waals surface area contributed by atoms with E-state index in [9.17, 15) is 0 Å². The molecule has 0 saturated heterocycles. The fraction of sp³-hybridized carbons (Fsp3) is 0.667. The van der Waals surface area contributed by atoms with E-state index >= 15 is 0 Å². The van der Waals surface area contributed by atoms with E-state index in [0.29, 0.717) is 0 Å². The van der Waals surface area contributed by atoms with Crippen LogP contribution in [0.15, 0.2) is 11.6 Å². The van der Waals surface area contributed by atoms with Crippen LogP contribution in [0.4, 0.5) is 0 Å². The van der Waals surface area contributed by atoms with E-state index in [-0.39, 0.29) is 6.04 Å². The number of allylic oxidation sites excluding steroid dienone is 1. The number of rotatable bonds is 1. The Morgan fingerprint density at radius 2 is 2.14 bits per heavy atom. The summed E-state index contributed by atoms with van der Waals surface area (Å²) < 4.78 is 0. The van der Waals surface area contributed by atoms with Gasteiger partial charge in [0.1, 0.15) is 0 Å². The quantitative estimate of drug-likeness (QED) is 0.493. The van der Waals surface area contributed by atoms with Crippen LogP contribution in [-0.2, 0) is 0 Å². The first kappa shape index (κ1) is 6.70. The highest BCUT2D eigenvalue weighted by molar-refractivity contribution is 5.02. The zero-order chi connectivity index (χ0) is 5.86. The number of hydrogen-bond acceptors (Lipinski definition) is 1. The van der Waals surface area contributed by atoms with Gasteiger partial charge in [-0.1, -0.05) is 11.6 Å². The maximum atomic E-state index is 5.48. The summed E-state index contributed by atoms with van der Waals surface area (Å²) >= 11 is 0. The van der Waals surface area contributed by atoms with Crippen molar-refractivity contribution in [2.75, 3.05) is 0 Å². The second-order valence-corrected chi connectivity index (χ2v) is 1.82. The molecule has 0 radical (unpaired) electrons. The summed E-state index contributed by atoms with van der Waals surface area (Å²) in [5.41, 5.74) is 6.73. The van der Waals surface area contributed by atoms with Crippen molar-refractivity contribution in [3.63, 3.8) is 0 Å². The first-order valence-electron chi connectivity index (χ1n) is 2.57. The molecule has 0 rings (SSSR count). The van der Waals surface area contributed by atoms with Gasteiger partial charge in [0.15, 0.2) is 0 Å². The number of nitrogens with two attached hydrogens (primary N) is 1. The van der Waals surface area contributed by atoms with Gasteiger partial charge >= 0.3 is 0 Å². The monoisotopic (exact) mass is 99.1 g/mol. The van der Waals surface area contributed by atoms with Crippen LogP contribution in [0.3, 0.4) is 0 Å². The molecule has 0 aromatic rings. The molecule has 1 nitrogen and oxygen atoms in total. The van der Waals surface area contributed by atoms with Crippen LogP contribution in [0.5, 0.6) is 0 Å². The molecule has 0 saturated carbocycles. The third-order valence-corrected chi connectivity index (χ3v) is 1.17. The van der Waals surface area contributed by atoms with Crippen molar-refractivity contribution < 1.29 is 0 Å². The van der Waals surface area contributed by atoms with Crippen molar-refractivity contribution in [2.45, 2.75) is 26.8 Å². The smallest absolute Gasteiger partial charge is 0.0221 e. The van der Waals surface area contributed by atoms with Crippen LogP contribution in [0, 0.1) is 0 Å². The summed E-state index contributed by atoms with van der Waals surface area (Å²) in [7, 11) is 0. The van der Waals surface area contributed by atoms with Crippen molar-refractivity contribution in [1.82, 2.24) is 0 Å². The lowest BCUT2D eigenvalue weighted by Crippen LogP contribution is -2.15. The third kappa shape index (κ3) is 2.40. The second-order valence-electron chi connectivity index (χ2n) is 1.82. The molecule has 0 bridgehead atoms. The van der Waals surface area contributed by atoms with Crippen LogP contribution in [0.25, 0.3) is 0 Å². The maximum absolute atomic E-state index is 5.48. The van der Waals surface area contributed by atoms with Gasteiger partial charge in [0, 0.05) is 6.04 Å². The van der Waals surface area contributed by atoms with Gasteiger partial charge in [0.2, 0.25) is 0 Å². The molecule has 0 aromatic heterocycles. The number of hydrogen-bond donors (Lipinski definition) is 1. The SMILES string of the molecule is C/C=C(\C)C(C)N. The molecule has 0 aliphatic carbocycles. The van der Waals surface area contributed by atoms with E-state index in [1.54, 1.807) is 0 Å². The maximum Gasteiger partial charge on any atom is 0.0221 e. The molecule has 0 aromatic carbocycles. The normalized spacial score (nSPS) is 16.9. The van der Waals surface area contributed by atoms with Gasteiger partial charge < -0.3 is 5.73 Å². The van der Waals surface area contributed by atoms with Gasteiger partial charge in [0.05, 0.1) is 0 Å². The average Bonchev–Trinajstić information content (AvgIpc) is 1.65. The van der Waals surface area contributed by atoms with E-state index in [2.05, 4.69) is 0 Å². The van der Waals surface area contributed by atoms with Gasteiger partial charge in [-0.25, -0.2) is 0 Å². The summed E-state index contributed by atoms with van der Waals surface area (Å²) in [5, 5.41) is 0. The van der Waals surface area contributed by atoms with Crippen molar-refractivity contribution in [3.8, 4) is 0 Å². The molecular formula is C6H13N. The Bertz CT molecular complexity index is 72.2. The molecule has 0 aliphatic heterocycles. The van der Waals surface area contributed by atoms with E-state index in [4.69, 9.17) is 5.73 Å². The van der Waals surface area contributed by atoms with E-state index in [1.807, 2.05) is 26.8 Å². The topological polar surface area (TPSA) is 26.0 Å². The van der Waals surface area contributed by atoms with Crippen LogP contribution in [0.2, 0.25) is 0 Å². The molecule has 1 heteroatoms. The fourth-order valence-corrected chi connectivity index (χ4v) is 0.263. The van der Waals surface area contributed by atoms with Gasteiger partial charge in [-0.05, 0) is 20.8 Å². The Morgan fingerprint density at radius 1 is 1.71 bits per heavy atom. The van der Waals surface area contributed by atoms with Gasteiger partial charge in [-0.15, -0.1) is 0 Å². The first-order chi connectivity index (χ1) is 3.18. The molecular weight excluding hydrogens is 86.1 g/mol. The minimum absolute atomic E-state index is 0.227. The molecule has 1 unspecified atom stereocenters. The lowest BCUT2D eigenvalue weighted by molar-refractivity contribution is 0.858. The van der Waals surface area contributed by atoms with E-state index in [1.165, 1.54) is 5.57 Å². The predicted octanol–water partition coefficient (Wildman–Crippen LogP) is 1.30. The van der Waals surface area contributed by atoms with E-state index in [0.717, 1.165) is 0 Å². The summed E-state index contributed by atoms with van der Waals surface area (Å²) in [4.78, 5) is 0. The zero-order valence-electron chi connectivity index (χ0n) is 5.23. The highest BCUT2D eigenvalue weighted by Gasteiger charge is 1.90. The summed E-state index contributed by atoms with van der Waals surface area (Å²) in [6.07, 6.45) is 2.03. The Balaban J connectivity index is 3.56. The Morgan fingerprint density at radius 3 is 2.14 bits per heavy atom. The molecule has 0 aliphatic rings. The largest absolute Gasteiger partial charge is 0.324 e. The lowest BCUT2D eigenvalue weighted by Gasteiger charge is -2.01. The zero-order valence-corrected chi connectivity index (χ0v) is 5.23. The molecule has 0 amide bonds. The minimum Gasteiger partial charge on any atom is -0.324 e. The van der Waals surface area contributed by atoms with Crippen LogP contribution in [0.1, 0.15) is 20.8 Å². The summed E-state index contributed by atoms with van der Waals surface area (Å²) in [5.74, 6) is 0. The second kappa shape index (κ2) is 2.80. The molecule has 7 heavy (non-hydrogen) atoms. The Hall–Kier alpha value is -0.300. The van der Waals surface area contributed by atoms with Crippen molar-refractivity contribution in [2.24, 2.45) is 5.73 Å². The van der Waals surface area contributed by atoms with Gasteiger partial charge in [0.25, 0.3) is 0 Å². The fourth-order valence-electron chi connectivity index (χ4n) is 0.263. The molecule has 2 N–H and O–H groups in total. The third-order valence-electron chi connectivity index (χ3n) is 1.17. The van der Waals surface area contributed by atoms with Crippen LogP contribution in [-0.4, -0.2) is 6.04 Å². The van der Waals surface area contributed by atoms with Gasteiger partial charge in [-0.3, -0.25) is 0 Å². The first-order valence-corrected chi connectivity index (χ1v) is 2.57. The van der Waals surface area contributed by atoms with Crippen molar-refractivity contribution in [3.05, 3.63) is 11.6 Å². The molecule has 0 spiro atoms. The summed E-state index contributed by atoms with van der Waals surface area (Å²) in [6, 6.07) is 0.227. The van der Waals surface area contributed by atoms with Crippen molar-refractivity contribution >= 4 is 0 Å². The standard InChI is InChI=1S/C6H13N/c1-4-5(2)6(3)7/h4,6H,7H2,1-3H3/b5-4+. The Kier molecular flexibility index (Phi) is 2.68. The molecule has 0 heterocycles. The molecule has 42 valence electrons. The van der Waals surface area contributed by atoms with Gasteiger partial charge in [-0.2, -0.15) is 0 Å². The average molecular weight is 99.2 g/mol. The highest BCUT2D eigenvalue weighted by atomic mass is 14.6. The predicted molar refractivity (Wildman–Crippen MR) is 33.1 cm³/mol.